The Hall–Kier alpha value is 1.19. The first-order valence-corrected chi connectivity index (χ1v) is 8.27. The first kappa shape index (κ1) is 30.1. The summed E-state index contributed by atoms with van der Waals surface area (Å²) in [5, 5.41) is 0. The van der Waals surface area contributed by atoms with E-state index in [4.69, 9.17) is 11.5 Å². The third-order valence-electron chi connectivity index (χ3n) is 3.73. The molecule has 0 amide bonds. The third-order valence-corrected chi connectivity index (χ3v) is 3.73. The summed E-state index contributed by atoms with van der Waals surface area (Å²) in [5.74, 6) is 0. The Morgan fingerprint density at radius 3 is 1.33 bits per heavy atom. The van der Waals surface area contributed by atoms with Crippen LogP contribution >= 0.6 is 0 Å². The molecule has 0 saturated heterocycles. The molecule has 1 unspecified atom stereocenters. The van der Waals surface area contributed by atoms with Crippen LogP contribution in [0.4, 0.5) is 0 Å². The average Bonchev–Trinajstić information content (AvgIpc) is 2.39. The minimum absolute atomic E-state index is 0. The quantitative estimate of drug-likeness (QED) is 0.270. The number of halogens is 2. The molecule has 0 aliphatic carbocycles. The van der Waals surface area contributed by atoms with Crippen LogP contribution in [0.5, 0.6) is 0 Å². The Morgan fingerprint density at radius 1 is 0.667 bits per heavy atom. The third kappa shape index (κ3) is 26.4. The maximum atomic E-state index is 5.78. The molecule has 0 heterocycles. The van der Waals surface area contributed by atoms with Gasteiger partial charge < -0.3 is 36.3 Å². The summed E-state index contributed by atoms with van der Waals surface area (Å²) in [6, 6.07) is 0.230. The van der Waals surface area contributed by atoms with Crippen LogP contribution < -0.4 is 36.3 Å². The molecule has 134 valence electrons. The molecule has 0 spiro atoms. The van der Waals surface area contributed by atoms with Gasteiger partial charge in [0.05, 0.1) is 0 Å². The van der Waals surface area contributed by atoms with Crippen LogP contribution in [-0.2, 0) is 21.1 Å². The van der Waals surface area contributed by atoms with E-state index in [1.165, 1.54) is 77.0 Å². The Bertz CT molecular complexity index is 163. The fourth-order valence-electron chi connectivity index (χ4n) is 2.37. The zero-order valence-electron chi connectivity index (χ0n) is 13.7. The molecule has 0 fully saturated rings. The molecule has 21 heavy (non-hydrogen) atoms. The fourth-order valence-corrected chi connectivity index (χ4v) is 2.37. The van der Waals surface area contributed by atoms with Crippen molar-refractivity contribution in [1.29, 1.82) is 0 Å². The van der Waals surface area contributed by atoms with Gasteiger partial charge in [0.25, 0.3) is 0 Å². The van der Waals surface area contributed by atoms with Gasteiger partial charge in [0.15, 0.2) is 0 Å². The number of hydrogen-bond acceptors (Lipinski definition) is 2. The number of hydrogen-bond donors (Lipinski definition) is 2. The van der Waals surface area contributed by atoms with E-state index in [2.05, 4.69) is 6.92 Å². The van der Waals surface area contributed by atoms with Crippen LogP contribution in [0.3, 0.4) is 0 Å². The average molecular weight is 522 g/mol. The molecule has 0 aromatic heterocycles. The van der Waals surface area contributed by atoms with Crippen molar-refractivity contribution in [2.45, 2.75) is 96.4 Å². The van der Waals surface area contributed by atoms with Crippen molar-refractivity contribution in [2.75, 3.05) is 6.54 Å². The summed E-state index contributed by atoms with van der Waals surface area (Å²) >= 11 is 0. The van der Waals surface area contributed by atoms with E-state index in [1.807, 2.05) is 0 Å². The Balaban J connectivity index is -0.000000482. The van der Waals surface area contributed by atoms with Gasteiger partial charge >= 0.3 is 21.1 Å². The monoisotopic (exact) mass is 521 g/mol. The van der Waals surface area contributed by atoms with E-state index in [0.29, 0.717) is 6.54 Å². The van der Waals surface area contributed by atoms with Gasteiger partial charge in [-0.2, -0.15) is 0 Å². The van der Waals surface area contributed by atoms with Crippen LogP contribution in [0.15, 0.2) is 0 Å². The maximum absolute atomic E-state index is 5.78. The van der Waals surface area contributed by atoms with Gasteiger partial charge in [-0.05, 0) is 6.42 Å². The first-order chi connectivity index (χ1) is 8.81. The van der Waals surface area contributed by atoms with Crippen LogP contribution in [0.25, 0.3) is 0 Å². The molecule has 2 nitrogen and oxygen atoms in total. The maximum Gasteiger partial charge on any atom is 2.00 e. The van der Waals surface area contributed by atoms with Gasteiger partial charge in [0, 0.05) is 12.6 Å². The Morgan fingerprint density at radius 2 is 1.00 bits per heavy atom. The molecule has 1 atom stereocenters. The minimum Gasteiger partial charge on any atom is -1.00 e. The number of unbranched alkanes of at least 4 members (excludes halogenated alkanes) is 11. The van der Waals surface area contributed by atoms with Crippen molar-refractivity contribution >= 4 is 0 Å². The van der Waals surface area contributed by atoms with Crippen molar-refractivity contribution in [1.82, 2.24) is 0 Å². The molecule has 0 saturated carbocycles. The van der Waals surface area contributed by atoms with Crippen LogP contribution in [0.1, 0.15) is 90.4 Å². The van der Waals surface area contributed by atoms with E-state index in [-0.39, 0.29) is 51.9 Å². The summed E-state index contributed by atoms with van der Waals surface area (Å²) in [7, 11) is 0. The van der Waals surface area contributed by atoms with Crippen LogP contribution in [0.2, 0.25) is 0 Å². The van der Waals surface area contributed by atoms with Crippen molar-refractivity contribution < 1.29 is 45.9 Å². The van der Waals surface area contributed by atoms with Gasteiger partial charge in [-0.15, -0.1) is 0 Å². The summed E-state index contributed by atoms with van der Waals surface area (Å²) < 4.78 is 0. The molecule has 0 aromatic carbocycles. The second-order valence-corrected chi connectivity index (χ2v) is 5.67. The molecule has 0 aliphatic heterocycles. The molecule has 0 bridgehead atoms. The molecule has 5 heteroatoms. The summed E-state index contributed by atoms with van der Waals surface area (Å²) in [6.45, 7) is 2.92. The van der Waals surface area contributed by atoms with Crippen molar-refractivity contribution in [3.63, 3.8) is 0 Å². The van der Waals surface area contributed by atoms with Gasteiger partial charge in [0.2, 0.25) is 0 Å². The van der Waals surface area contributed by atoms with Crippen LogP contribution in [0, 0.1) is 0 Å². The second-order valence-electron chi connectivity index (χ2n) is 5.67. The Kier molecular flexibility index (Phi) is 37.4. The molecule has 0 aromatic rings. The summed E-state index contributed by atoms with van der Waals surface area (Å²) in [5.41, 5.74) is 11.3. The molecular formula is C16H36Cl2N2Pt. The van der Waals surface area contributed by atoms with Crippen molar-refractivity contribution in [3.8, 4) is 0 Å². The molecule has 0 aliphatic rings. The van der Waals surface area contributed by atoms with E-state index >= 15 is 0 Å². The topological polar surface area (TPSA) is 52.0 Å². The van der Waals surface area contributed by atoms with E-state index in [9.17, 15) is 0 Å². The molecular weight excluding hydrogens is 486 g/mol. The summed E-state index contributed by atoms with van der Waals surface area (Å²) in [6.07, 6.45) is 17.9. The fraction of sp³-hybridized carbons (Fsp3) is 1.00. The zero-order valence-corrected chi connectivity index (χ0v) is 17.5. The standard InChI is InChI=1S/C16H36N2.2ClH.Pt/c1-2-3-4-5-6-7-8-9-10-11-12-13-14-16(18)15-17;;;/h16H,2-15,17-18H2,1H3;2*1H;/q;;;+2/p-2. The minimum atomic E-state index is 0. The van der Waals surface area contributed by atoms with Crippen molar-refractivity contribution in [3.05, 3.63) is 0 Å². The number of nitrogens with two attached hydrogens (primary N) is 2. The van der Waals surface area contributed by atoms with Gasteiger partial charge in [0.1, 0.15) is 0 Å². The van der Waals surface area contributed by atoms with Crippen LogP contribution in [-0.4, -0.2) is 12.6 Å². The zero-order chi connectivity index (χ0) is 13.5. The SMILES string of the molecule is CCCCCCCCCCCCCCC(N)CN.[Cl-].[Cl-].[Pt+2]. The van der Waals surface area contributed by atoms with E-state index in [1.54, 1.807) is 0 Å². The number of rotatable bonds is 14. The second kappa shape index (κ2) is 26.1. The van der Waals surface area contributed by atoms with Gasteiger partial charge in [-0.1, -0.05) is 84.0 Å². The normalized spacial score (nSPS) is 11.0. The molecule has 0 rings (SSSR count). The van der Waals surface area contributed by atoms with E-state index < -0.39 is 0 Å². The van der Waals surface area contributed by atoms with E-state index in [0.717, 1.165) is 6.42 Å². The van der Waals surface area contributed by atoms with Crippen molar-refractivity contribution in [2.24, 2.45) is 11.5 Å². The smallest absolute Gasteiger partial charge is 1.00 e. The van der Waals surface area contributed by atoms with Gasteiger partial charge in [-0.3, -0.25) is 0 Å². The first-order valence-electron chi connectivity index (χ1n) is 8.27. The predicted molar refractivity (Wildman–Crippen MR) is 82.7 cm³/mol. The largest absolute Gasteiger partial charge is 2.00 e. The predicted octanol–water partition coefficient (Wildman–Crippen LogP) is -1.63. The Labute approximate surface area is 160 Å². The molecule has 4 N–H and O–H groups in total. The van der Waals surface area contributed by atoms with Gasteiger partial charge in [-0.25, -0.2) is 0 Å². The molecule has 0 radical (unpaired) electrons. The summed E-state index contributed by atoms with van der Waals surface area (Å²) in [4.78, 5) is 0.